The van der Waals surface area contributed by atoms with Crippen molar-refractivity contribution in [2.75, 3.05) is 54.1 Å². The molecule has 1 atom stereocenters. The first-order valence-corrected chi connectivity index (χ1v) is 9.17. The quantitative estimate of drug-likeness (QED) is 0.393. The summed E-state index contributed by atoms with van der Waals surface area (Å²) >= 11 is 0. The van der Waals surface area contributed by atoms with Crippen LogP contribution in [0.25, 0.3) is 0 Å². The van der Waals surface area contributed by atoms with Gasteiger partial charge in [0.1, 0.15) is 11.5 Å². The predicted octanol–water partition coefficient (Wildman–Crippen LogP) is 1.48. The van der Waals surface area contributed by atoms with Crippen LogP contribution in [-0.4, -0.2) is 71.0 Å². The standard InChI is InChI=1S/C19H32N4O3/c1-5-26-9-7-21-19(20-2)22-16-6-8-23(14-16)13-15-10-17(24-3)12-18(11-15)25-4/h10-12,16H,5-9,13-14H2,1-4H3,(H2,20,21,22). The third kappa shape index (κ3) is 6.38. The topological polar surface area (TPSA) is 67.4 Å². The Morgan fingerprint density at radius 2 is 1.96 bits per heavy atom. The third-order valence-corrected chi connectivity index (χ3v) is 4.40. The van der Waals surface area contributed by atoms with Gasteiger partial charge < -0.3 is 24.8 Å². The van der Waals surface area contributed by atoms with Gasteiger partial charge in [0.05, 0.1) is 20.8 Å². The van der Waals surface area contributed by atoms with Crippen molar-refractivity contribution in [1.82, 2.24) is 15.5 Å². The molecule has 0 spiro atoms. The van der Waals surface area contributed by atoms with E-state index in [0.29, 0.717) is 12.6 Å². The van der Waals surface area contributed by atoms with E-state index >= 15 is 0 Å². The highest BCUT2D eigenvalue weighted by molar-refractivity contribution is 5.80. The van der Waals surface area contributed by atoms with Gasteiger partial charge in [0.15, 0.2) is 5.96 Å². The molecule has 7 heteroatoms. The Hall–Kier alpha value is -1.99. The molecule has 1 aliphatic rings. The normalized spacial score (nSPS) is 18.0. The number of likely N-dealkylation sites (tertiary alicyclic amines) is 1. The van der Waals surface area contributed by atoms with E-state index in [0.717, 1.165) is 56.7 Å². The van der Waals surface area contributed by atoms with Crippen LogP contribution >= 0.6 is 0 Å². The van der Waals surface area contributed by atoms with E-state index in [4.69, 9.17) is 14.2 Å². The lowest BCUT2D eigenvalue weighted by molar-refractivity contribution is 0.152. The van der Waals surface area contributed by atoms with Crippen LogP contribution in [0.2, 0.25) is 0 Å². The summed E-state index contributed by atoms with van der Waals surface area (Å²) in [5, 5.41) is 6.78. The second-order valence-corrected chi connectivity index (χ2v) is 6.28. The predicted molar refractivity (Wildman–Crippen MR) is 104 cm³/mol. The van der Waals surface area contributed by atoms with E-state index in [-0.39, 0.29) is 0 Å². The van der Waals surface area contributed by atoms with E-state index in [9.17, 15) is 0 Å². The monoisotopic (exact) mass is 364 g/mol. The first-order valence-electron chi connectivity index (χ1n) is 9.17. The van der Waals surface area contributed by atoms with E-state index in [1.165, 1.54) is 5.56 Å². The molecule has 1 unspecified atom stereocenters. The van der Waals surface area contributed by atoms with Crippen LogP contribution in [0.3, 0.4) is 0 Å². The maximum atomic E-state index is 5.36. The molecule has 1 heterocycles. The number of guanidine groups is 1. The van der Waals surface area contributed by atoms with Crippen LogP contribution in [0, 0.1) is 0 Å². The molecule has 0 saturated carbocycles. The molecule has 1 aromatic carbocycles. The molecule has 146 valence electrons. The second-order valence-electron chi connectivity index (χ2n) is 6.28. The van der Waals surface area contributed by atoms with Gasteiger partial charge in [-0.25, -0.2) is 0 Å². The second kappa shape index (κ2) is 10.9. The maximum Gasteiger partial charge on any atom is 0.191 e. The average Bonchev–Trinajstić information content (AvgIpc) is 3.10. The Morgan fingerprint density at radius 3 is 2.58 bits per heavy atom. The number of nitrogens with zero attached hydrogens (tertiary/aromatic N) is 2. The zero-order valence-electron chi connectivity index (χ0n) is 16.4. The smallest absolute Gasteiger partial charge is 0.191 e. The van der Waals surface area contributed by atoms with Crippen LogP contribution in [0.15, 0.2) is 23.2 Å². The van der Waals surface area contributed by atoms with Crippen LogP contribution in [0.1, 0.15) is 18.9 Å². The number of hydrogen-bond acceptors (Lipinski definition) is 5. The highest BCUT2D eigenvalue weighted by Gasteiger charge is 2.23. The summed E-state index contributed by atoms with van der Waals surface area (Å²) in [6.45, 7) is 7.08. The summed E-state index contributed by atoms with van der Waals surface area (Å²) in [4.78, 5) is 6.72. The Balaban J connectivity index is 1.82. The number of rotatable bonds is 9. The van der Waals surface area contributed by atoms with Crippen LogP contribution in [-0.2, 0) is 11.3 Å². The third-order valence-electron chi connectivity index (χ3n) is 4.40. The van der Waals surface area contributed by atoms with Gasteiger partial charge in [-0.15, -0.1) is 0 Å². The molecule has 0 aromatic heterocycles. The minimum atomic E-state index is 0.390. The van der Waals surface area contributed by atoms with Gasteiger partial charge in [-0.1, -0.05) is 0 Å². The fourth-order valence-corrected chi connectivity index (χ4v) is 3.08. The lowest BCUT2D eigenvalue weighted by atomic mass is 10.2. The summed E-state index contributed by atoms with van der Waals surface area (Å²) < 4.78 is 16.1. The van der Waals surface area contributed by atoms with Gasteiger partial charge in [0, 0.05) is 51.9 Å². The van der Waals surface area contributed by atoms with Crippen molar-refractivity contribution in [3.05, 3.63) is 23.8 Å². The number of aliphatic imine (C=N–C) groups is 1. The SMILES string of the molecule is CCOCCNC(=NC)NC1CCN(Cc2cc(OC)cc(OC)c2)C1. The van der Waals surface area contributed by atoms with Gasteiger partial charge in [-0.2, -0.15) is 0 Å². The Bertz CT molecular complexity index is 558. The van der Waals surface area contributed by atoms with E-state index < -0.39 is 0 Å². The molecule has 26 heavy (non-hydrogen) atoms. The largest absolute Gasteiger partial charge is 0.497 e. The van der Waals surface area contributed by atoms with Crippen molar-refractivity contribution in [2.24, 2.45) is 4.99 Å². The highest BCUT2D eigenvalue weighted by atomic mass is 16.5. The molecule has 2 N–H and O–H groups in total. The van der Waals surface area contributed by atoms with Crippen LogP contribution in [0.4, 0.5) is 0 Å². The maximum absolute atomic E-state index is 5.36. The molecule has 1 aromatic rings. The molecule has 1 saturated heterocycles. The zero-order chi connectivity index (χ0) is 18.8. The summed E-state index contributed by atoms with van der Waals surface area (Å²) in [6, 6.07) is 6.42. The van der Waals surface area contributed by atoms with E-state index in [1.807, 2.05) is 13.0 Å². The van der Waals surface area contributed by atoms with Gasteiger partial charge in [0.2, 0.25) is 0 Å². The van der Waals surface area contributed by atoms with Crippen LogP contribution < -0.4 is 20.1 Å². The van der Waals surface area contributed by atoms with Crippen molar-refractivity contribution in [3.8, 4) is 11.5 Å². The highest BCUT2D eigenvalue weighted by Crippen LogP contribution is 2.24. The summed E-state index contributed by atoms with van der Waals surface area (Å²) in [5.74, 6) is 2.49. The fourth-order valence-electron chi connectivity index (χ4n) is 3.08. The Labute approximate surface area is 156 Å². The van der Waals surface area contributed by atoms with Crippen molar-refractivity contribution < 1.29 is 14.2 Å². The average molecular weight is 364 g/mol. The number of methoxy groups -OCH3 is 2. The molecule has 1 aliphatic heterocycles. The Kier molecular flexibility index (Phi) is 8.50. The molecule has 1 fully saturated rings. The lowest BCUT2D eigenvalue weighted by Gasteiger charge is -2.19. The van der Waals surface area contributed by atoms with Crippen LogP contribution in [0.5, 0.6) is 11.5 Å². The summed E-state index contributed by atoms with van der Waals surface area (Å²) in [7, 11) is 5.16. The van der Waals surface area contributed by atoms with E-state index in [2.05, 4.69) is 32.7 Å². The van der Waals surface area contributed by atoms with Gasteiger partial charge in [-0.3, -0.25) is 9.89 Å². The van der Waals surface area contributed by atoms with Crippen molar-refractivity contribution in [1.29, 1.82) is 0 Å². The number of nitrogens with one attached hydrogen (secondary N) is 2. The minimum absolute atomic E-state index is 0.390. The van der Waals surface area contributed by atoms with Gasteiger partial charge in [0.25, 0.3) is 0 Å². The molecule has 0 amide bonds. The molecular weight excluding hydrogens is 332 g/mol. The molecular formula is C19H32N4O3. The van der Waals surface area contributed by atoms with Crippen molar-refractivity contribution in [3.63, 3.8) is 0 Å². The molecule has 0 bridgehead atoms. The first-order chi connectivity index (χ1) is 12.7. The molecule has 0 radical (unpaired) electrons. The van der Waals surface area contributed by atoms with Gasteiger partial charge >= 0.3 is 0 Å². The first kappa shape index (κ1) is 20.3. The molecule has 0 aliphatic carbocycles. The number of hydrogen-bond donors (Lipinski definition) is 2. The van der Waals surface area contributed by atoms with Crippen molar-refractivity contribution in [2.45, 2.75) is 25.9 Å². The Morgan fingerprint density at radius 1 is 1.23 bits per heavy atom. The van der Waals surface area contributed by atoms with Crippen molar-refractivity contribution >= 4 is 5.96 Å². The summed E-state index contributed by atoms with van der Waals surface area (Å²) in [5.41, 5.74) is 1.20. The minimum Gasteiger partial charge on any atom is -0.497 e. The molecule has 2 rings (SSSR count). The fraction of sp³-hybridized carbons (Fsp3) is 0.632. The van der Waals surface area contributed by atoms with E-state index in [1.54, 1.807) is 21.3 Å². The van der Waals surface area contributed by atoms with Gasteiger partial charge in [-0.05, 0) is 31.0 Å². The number of ether oxygens (including phenoxy) is 3. The summed E-state index contributed by atoms with van der Waals surface area (Å²) in [6.07, 6.45) is 1.09. The molecule has 7 nitrogen and oxygen atoms in total. The zero-order valence-corrected chi connectivity index (χ0v) is 16.4. The number of benzene rings is 1. The lowest BCUT2D eigenvalue weighted by Crippen LogP contribution is -2.45.